The van der Waals surface area contributed by atoms with Crippen LogP contribution in [-0.2, 0) is 11.3 Å². The summed E-state index contributed by atoms with van der Waals surface area (Å²) in [4.78, 5) is 26.8. The van der Waals surface area contributed by atoms with Gasteiger partial charge in [-0.2, -0.15) is 0 Å². The number of carbonyl (C=O) groups is 2. The molecule has 9 heteroatoms. The summed E-state index contributed by atoms with van der Waals surface area (Å²) < 4.78 is 30.3. The maximum Gasteiger partial charge on any atom is 0.265 e. The van der Waals surface area contributed by atoms with E-state index in [9.17, 15) is 14.0 Å². The first-order valence-corrected chi connectivity index (χ1v) is 10.3. The molecule has 3 aromatic carbocycles. The predicted molar refractivity (Wildman–Crippen MR) is 122 cm³/mol. The van der Waals surface area contributed by atoms with Gasteiger partial charge in [-0.25, -0.2) is 4.39 Å². The van der Waals surface area contributed by atoms with Crippen LogP contribution in [0.5, 0.6) is 17.2 Å². The Morgan fingerprint density at radius 1 is 1.12 bits per heavy atom. The molecule has 33 heavy (non-hydrogen) atoms. The zero-order valence-corrected chi connectivity index (χ0v) is 18.6. The van der Waals surface area contributed by atoms with Crippen molar-refractivity contribution in [3.8, 4) is 17.2 Å². The highest BCUT2D eigenvalue weighted by Crippen LogP contribution is 2.37. The van der Waals surface area contributed by atoms with E-state index in [1.807, 2.05) is 0 Å². The lowest BCUT2D eigenvalue weighted by Gasteiger charge is -2.30. The third kappa shape index (κ3) is 4.56. The predicted octanol–water partition coefficient (Wildman–Crippen LogP) is 4.67. The second kappa shape index (κ2) is 9.38. The van der Waals surface area contributed by atoms with E-state index in [4.69, 9.17) is 25.8 Å². The molecule has 0 aliphatic carbocycles. The smallest absolute Gasteiger partial charge is 0.265 e. The average Bonchev–Trinajstić information content (AvgIpc) is 2.82. The Morgan fingerprint density at radius 2 is 1.91 bits per heavy atom. The van der Waals surface area contributed by atoms with Crippen molar-refractivity contribution in [1.29, 1.82) is 0 Å². The maximum absolute atomic E-state index is 14.3. The number of benzene rings is 3. The molecule has 0 saturated heterocycles. The Hall–Kier alpha value is -3.78. The Bertz CT molecular complexity index is 1210. The summed E-state index contributed by atoms with van der Waals surface area (Å²) in [6.45, 7) is -0.260. The fraction of sp³-hybridized carbons (Fsp3) is 0.167. The van der Waals surface area contributed by atoms with Crippen molar-refractivity contribution in [1.82, 2.24) is 0 Å². The number of rotatable bonds is 6. The van der Waals surface area contributed by atoms with E-state index in [0.29, 0.717) is 34.2 Å². The fourth-order valence-corrected chi connectivity index (χ4v) is 3.70. The second-order valence-corrected chi connectivity index (χ2v) is 7.58. The third-order valence-corrected chi connectivity index (χ3v) is 5.54. The molecule has 1 heterocycles. The molecule has 0 aromatic heterocycles. The number of carbonyl (C=O) groups excluding carboxylic acids is 2. The molecule has 0 fully saturated rings. The van der Waals surface area contributed by atoms with E-state index in [0.717, 1.165) is 0 Å². The summed E-state index contributed by atoms with van der Waals surface area (Å²) >= 11 is 6.15. The minimum atomic E-state index is -0.513. The third-order valence-electron chi connectivity index (χ3n) is 5.18. The largest absolute Gasteiger partial charge is 0.493 e. The molecule has 0 unspecified atom stereocenters. The first-order valence-electron chi connectivity index (χ1n) is 9.94. The molecule has 1 N–H and O–H groups in total. The van der Waals surface area contributed by atoms with Crippen molar-refractivity contribution >= 4 is 34.8 Å². The molecule has 0 radical (unpaired) electrons. The van der Waals surface area contributed by atoms with Gasteiger partial charge in [-0.1, -0.05) is 17.7 Å². The van der Waals surface area contributed by atoms with Gasteiger partial charge in [0.15, 0.2) is 18.1 Å². The Kier molecular flexibility index (Phi) is 6.37. The number of methoxy groups -OCH3 is 2. The zero-order valence-electron chi connectivity index (χ0n) is 17.9. The van der Waals surface area contributed by atoms with Gasteiger partial charge in [0.1, 0.15) is 11.6 Å². The lowest BCUT2D eigenvalue weighted by Crippen LogP contribution is -2.38. The van der Waals surface area contributed by atoms with Crippen LogP contribution in [0.15, 0.2) is 54.6 Å². The molecule has 0 bridgehead atoms. The highest BCUT2D eigenvalue weighted by atomic mass is 35.5. The number of anilines is 2. The van der Waals surface area contributed by atoms with Crippen LogP contribution in [0, 0.1) is 5.82 Å². The number of nitrogens with zero attached hydrogens (tertiary/aromatic N) is 1. The second-order valence-electron chi connectivity index (χ2n) is 7.18. The lowest BCUT2D eigenvalue weighted by molar-refractivity contribution is -0.121. The normalized spacial score (nSPS) is 12.6. The summed E-state index contributed by atoms with van der Waals surface area (Å²) in [6.07, 6.45) is 0. The molecule has 7 nitrogen and oxygen atoms in total. The van der Waals surface area contributed by atoms with Crippen LogP contribution in [0.2, 0.25) is 5.02 Å². The number of hydrogen-bond acceptors (Lipinski definition) is 5. The zero-order chi connectivity index (χ0) is 23.5. The Balaban J connectivity index is 1.62. The van der Waals surface area contributed by atoms with Crippen molar-refractivity contribution in [2.24, 2.45) is 0 Å². The molecular weight excluding hydrogens is 451 g/mol. The number of fused-ring (bicyclic) bond motifs is 1. The number of nitrogens with one attached hydrogen (secondary N) is 1. The molecule has 170 valence electrons. The highest BCUT2D eigenvalue weighted by Gasteiger charge is 2.28. The van der Waals surface area contributed by atoms with Crippen molar-refractivity contribution in [2.45, 2.75) is 6.54 Å². The number of hydrogen-bond donors (Lipinski definition) is 1. The van der Waals surface area contributed by atoms with Gasteiger partial charge in [-0.3, -0.25) is 9.59 Å². The first-order chi connectivity index (χ1) is 15.9. The van der Waals surface area contributed by atoms with Gasteiger partial charge in [-0.05, 0) is 48.5 Å². The molecule has 1 aliphatic rings. The quantitative estimate of drug-likeness (QED) is 0.566. The van der Waals surface area contributed by atoms with Gasteiger partial charge in [0.2, 0.25) is 0 Å². The Morgan fingerprint density at radius 3 is 2.64 bits per heavy atom. The van der Waals surface area contributed by atoms with E-state index in [1.54, 1.807) is 42.5 Å². The van der Waals surface area contributed by atoms with Crippen LogP contribution in [0.3, 0.4) is 0 Å². The van der Waals surface area contributed by atoms with E-state index in [-0.39, 0.29) is 35.6 Å². The molecule has 0 spiro atoms. The Labute approximate surface area is 194 Å². The van der Waals surface area contributed by atoms with Gasteiger partial charge in [-0.15, -0.1) is 0 Å². The lowest BCUT2D eigenvalue weighted by atomic mass is 10.1. The fourth-order valence-electron chi connectivity index (χ4n) is 3.48. The van der Waals surface area contributed by atoms with Gasteiger partial charge in [0.25, 0.3) is 11.8 Å². The van der Waals surface area contributed by atoms with Crippen LogP contribution in [-0.4, -0.2) is 32.6 Å². The minimum absolute atomic E-state index is 0.0756. The van der Waals surface area contributed by atoms with Crippen LogP contribution >= 0.6 is 11.6 Å². The van der Waals surface area contributed by atoms with Crippen molar-refractivity contribution in [2.75, 3.05) is 31.0 Å². The van der Waals surface area contributed by atoms with Crippen molar-refractivity contribution < 1.29 is 28.2 Å². The monoisotopic (exact) mass is 470 g/mol. The molecule has 2 amide bonds. The molecule has 1 aliphatic heterocycles. The molecular formula is C24H20ClFN2O5. The molecule has 4 rings (SSSR count). The number of halogens is 2. The summed E-state index contributed by atoms with van der Waals surface area (Å²) in [6, 6.07) is 14.0. The van der Waals surface area contributed by atoms with E-state index in [1.165, 1.54) is 31.3 Å². The summed E-state index contributed by atoms with van der Waals surface area (Å²) in [7, 11) is 2.99. The van der Waals surface area contributed by atoms with Crippen LogP contribution in [0.1, 0.15) is 15.9 Å². The minimum Gasteiger partial charge on any atom is -0.493 e. The molecule has 3 aromatic rings. The molecule has 0 saturated carbocycles. The van der Waals surface area contributed by atoms with Gasteiger partial charge in [0.05, 0.1) is 26.5 Å². The standard InChI is InChI=1S/C24H20ClFN2O5/c1-31-21-8-6-14(10-22(21)32-2)24(30)27-15-7-9-20-19(11-15)28(23(29)13-33-20)12-16-17(25)4-3-5-18(16)26/h3-11H,12-13H2,1-2H3,(H,27,30). The van der Waals surface area contributed by atoms with Crippen molar-refractivity contribution in [3.05, 3.63) is 76.6 Å². The summed E-state index contributed by atoms with van der Waals surface area (Å²) in [5, 5.41) is 3.01. The van der Waals surface area contributed by atoms with Gasteiger partial charge >= 0.3 is 0 Å². The van der Waals surface area contributed by atoms with Crippen LogP contribution in [0.4, 0.5) is 15.8 Å². The SMILES string of the molecule is COc1ccc(C(=O)Nc2ccc3c(c2)N(Cc2c(F)cccc2Cl)C(=O)CO3)cc1OC. The van der Waals surface area contributed by atoms with Crippen LogP contribution in [0.25, 0.3) is 0 Å². The van der Waals surface area contributed by atoms with E-state index >= 15 is 0 Å². The first kappa shape index (κ1) is 22.4. The number of amides is 2. The number of ether oxygens (including phenoxy) is 3. The highest BCUT2D eigenvalue weighted by molar-refractivity contribution is 6.31. The van der Waals surface area contributed by atoms with Crippen molar-refractivity contribution in [3.63, 3.8) is 0 Å². The summed E-state index contributed by atoms with van der Waals surface area (Å²) in [5.74, 6) is 0.101. The van der Waals surface area contributed by atoms with E-state index in [2.05, 4.69) is 5.32 Å². The van der Waals surface area contributed by atoms with E-state index < -0.39 is 5.82 Å². The van der Waals surface area contributed by atoms with Gasteiger partial charge < -0.3 is 24.4 Å². The average molecular weight is 471 g/mol. The maximum atomic E-state index is 14.3. The van der Waals surface area contributed by atoms with Crippen LogP contribution < -0.4 is 24.4 Å². The topological polar surface area (TPSA) is 77.1 Å². The van der Waals surface area contributed by atoms with Gasteiger partial charge in [0, 0.05) is 21.8 Å². The molecule has 0 atom stereocenters. The summed E-state index contributed by atoms with van der Waals surface area (Å²) in [5.41, 5.74) is 1.37.